The fourth-order valence-electron chi connectivity index (χ4n) is 3.31. The summed E-state index contributed by atoms with van der Waals surface area (Å²) in [6.07, 6.45) is 0. The van der Waals surface area contributed by atoms with Crippen LogP contribution in [0.4, 0.5) is 11.4 Å². The molecule has 0 heterocycles. The molecule has 1 N–H and O–H groups in total. The van der Waals surface area contributed by atoms with Crippen molar-refractivity contribution in [2.75, 3.05) is 16.2 Å². The highest BCUT2D eigenvalue weighted by molar-refractivity contribution is 7.92. The van der Waals surface area contributed by atoms with Crippen molar-refractivity contribution in [3.8, 4) is 11.5 Å². The number of hydrogen-bond donors (Lipinski definition) is 1. The van der Waals surface area contributed by atoms with Crippen LogP contribution in [-0.4, -0.2) is 20.9 Å². The van der Waals surface area contributed by atoms with Gasteiger partial charge in [0.2, 0.25) is 5.91 Å². The van der Waals surface area contributed by atoms with Gasteiger partial charge in [-0.05, 0) is 67.6 Å². The predicted octanol–water partition coefficient (Wildman–Crippen LogP) is 5.62. The highest BCUT2D eigenvalue weighted by Gasteiger charge is 2.27. The first kappa shape index (κ1) is 23.1. The standard InChI is InChI=1S/C27H24N2O4S/c1-21-12-18-26(19-13-21)34(31,32)29(23-8-4-2-5-9-23)20-27(30)28-22-14-16-25(17-15-22)33-24-10-6-3-7-11-24/h2-19H,20H2,1H3,(H,28,30). The Labute approximate surface area is 199 Å². The lowest BCUT2D eigenvalue weighted by molar-refractivity contribution is -0.114. The van der Waals surface area contributed by atoms with Crippen LogP contribution >= 0.6 is 0 Å². The minimum Gasteiger partial charge on any atom is -0.457 e. The summed E-state index contributed by atoms with van der Waals surface area (Å²) in [5.41, 5.74) is 1.89. The Kier molecular flexibility index (Phi) is 6.94. The first-order chi connectivity index (χ1) is 16.4. The lowest BCUT2D eigenvalue weighted by Crippen LogP contribution is -2.38. The van der Waals surface area contributed by atoms with Gasteiger partial charge in [0.05, 0.1) is 10.6 Å². The van der Waals surface area contributed by atoms with E-state index in [1.165, 1.54) is 0 Å². The van der Waals surface area contributed by atoms with Gasteiger partial charge in [-0.15, -0.1) is 0 Å². The molecule has 0 aliphatic heterocycles. The molecule has 6 nitrogen and oxygen atoms in total. The van der Waals surface area contributed by atoms with Crippen LogP contribution in [0, 0.1) is 6.92 Å². The number of rotatable bonds is 8. The van der Waals surface area contributed by atoms with Crippen LogP contribution in [0.2, 0.25) is 0 Å². The molecular formula is C27H24N2O4S. The minimum atomic E-state index is -3.95. The largest absolute Gasteiger partial charge is 0.457 e. The van der Waals surface area contributed by atoms with Crippen LogP contribution in [0.1, 0.15) is 5.56 Å². The van der Waals surface area contributed by atoms with Gasteiger partial charge in [-0.25, -0.2) is 8.42 Å². The van der Waals surface area contributed by atoms with Gasteiger partial charge >= 0.3 is 0 Å². The van der Waals surface area contributed by atoms with Gasteiger partial charge < -0.3 is 10.1 Å². The van der Waals surface area contributed by atoms with Crippen LogP contribution in [0.15, 0.2) is 114 Å². The number of amides is 1. The lowest BCUT2D eigenvalue weighted by atomic mass is 10.2. The number of hydrogen-bond acceptors (Lipinski definition) is 4. The predicted molar refractivity (Wildman–Crippen MR) is 134 cm³/mol. The molecule has 34 heavy (non-hydrogen) atoms. The molecule has 0 unspecified atom stereocenters. The van der Waals surface area contributed by atoms with E-state index in [0.29, 0.717) is 22.9 Å². The fourth-order valence-corrected chi connectivity index (χ4v) is 4.73. The van der Waals surface area contributed by atoms with Crippen molar-refractivity contribution >= 4 is 27.3 Å². The Morgan fingerprint density at radius 1 is 0.765 bits per heavy atom. The number of para-hydroxylation sites is 2. The number of carbonyl (C=O) groups excluding carboxylic acids is 1. The zero-order chi connectivity index (χ0) is 24.0. The van der Waals surface area contributed by atoms with Crippen molar-refractivity contribution in [3.05, 3.63) is 115 Å². The molecule has 0 aliphatic rings. The molecule has 0 bridgehead atoms. The number of anilines is 2. The molecule has 0 aromatic heterocycles. The molecular weight excluding hydrogens is 448 g/mol. The number of nitrogens with zero attached hydrogens (tertiary/aromatic N) is 1. The van der Waals surface area contributed by atoms with Gasteiger partial charge in [0.25, 0.3) is 10.0 Å². The summed E-state index contributed by atoms with van der Waals surface area (Å²) in [5, 5.41) is 2.77. The van der Waals surface area contributed by atoms with E-state index >= 15 is 0 Å². The van der Waals surface area contributed by atoms with E-state index in [1.54, 1.807) is 78.9 Å². The fraction of sp³-hybridized carbons (Fsp3) is 0.0741. The Balaban J connectivity index is 1.50. The monoisotopic (exact) mass is 472 g/mol. The lowest BCUT2D eigenvalue weighted by Gasteiger charge is -2.24. The normalized spacial score (nSPS) is 11.0. The third-order valence-electron chi connectivity index (χ3n) is 5.06. The molecule has 0 aliphatic carbocycles. The molecule has 7 heteroatoms. The first-order valence-corrected chi connectivity index (χ1v) is 12.1. The third kappa shape index (κ3) is 5.63. The van der Waals surface area contributed by atoms with E-state index in [1.807, 2.05) is 37.3 Å². The van der Waals surface area contributed by atoms with Crippen LogP contribution in [0.5, 0.6) is 11.5 Å². The van der Waals surface area contributed by atoms with Crippen molar-refractivity contribution in [3.63, 3.8) is 0 Å². The third-order valence-corrected chi connectivity index (χ3v) is 6.85. The second-order valence-corrected chi connectivity index (χ2v) is 9.51. The number of aryl methyl sites for hydroxylation is 1. The van der Waals surface area contributed by atoms with Crippen molar-refractivity contribution in [2.24, 2.45) is 0 Å². The maximum atomic E-state index is 13.4. The smallest absolute Gasteiger partial charge is 0.264 e. The summed E-state index contributed by atoms with van der Waals surface area (Å²) >= 11 is 0. The molecule has 4 rings (SSSR count). The minimum absolute atomic E-state index is 0.122. The Hall–Kier alpha value is -4.10. The molecule has 0 fully saturated rings. The van der Waals surface area contributed by atoms with Crippen LogP contribution in [-0.2, 0) is 14.8 Å². The number of nitrogens with one attached hydrogen (secondary N) is 1. The van der Waals surface area contributed by atoms with Gasteiger partial charge in [0, 0.05) is 5.69 Å². The second-order valence-electron chi connectivity index (χ2n) is 7.65. The van der Waals surface area contributed by atoms with E-state index in [9.17, 15) is 13.2 Å². The Morgan fingerprint density at radius 3 is 1.94 bits per heavy atom. The molecule has 0 atom stereocenters. The molecule has 1 amide bonds. The number of ether oxygens (including phenoxy) is 1. The van der Waals surface area contributed by atoms with Crippen molar-refractivity contribution < 1.29 is 17.9 Å². The summed E-state index contributed by atoms with van der Waals surface area (Å²) in [5.74, 6) is 0.868. The summed E-state index contributed by atoms with van der Waals surface area (Å²) in [6.45, 7) is 1.51. The van der Waals surface area contributed by atoms with Crippen LogP contribution < -0.4 is 14.4 Å². The summed E-state index contributed by atoms with van der Waals surface area (Å²) < 4.78 is 33.6. The van der Waals surface area contributed by atoms with Gasteiger partial charge in [0.1, 0.15) is 18.0 Å². The molecule has 0 saturated heterocycles. The van der Waals surface area contributed by atoms with E-state index in [2.05, 4.69) is 5.32 Å². The van der Waals surface area contributed by atoms with Crippen LogP contribution in [0.25, 0.3) is 0 Å². The Bertz CT molecular complexity index is 1340. The molecule has 0 saturated carbocycles. The number of benzene rings is 4. The van der Waals surface area contributed by atoms with E-state index in [0.717, 1.165) is 9.87 Å². The summed E-state index contributed by atoms with van der Waals surface area (Å²) in [4.78, 5) is 13.0. The maximum Gasteiger partial charge on any atom is 0.264 e. The van der Waals surface area contributed by atoms with Gasteiger partial charge in [-0.1, -0.05) is 54.1 Å². The van der Waals surface area contributed by atoms with Gasteiger partial charge in [-0.3, -0.25) is 9.10 Å². The first-order valence-electron chi connectivity index (χ1n) is 10.7. The van der Waals surface area contributed by atoms with Crippen molar-refractivity contribution in [1.29, 1.82) is 0 Å². The Morgan fingerprint density at radius 2 is 1.32 bits per heavy atom. The van der Waals surface area contributed by atoms with Gasteiger partial charge in [0.15, 0.2) is 0 Å². The van der Waals surface area contributed by atoms with E-state index < -0.39 is 15.9 Å². The zero-order valence-electron chi connectivity index (χ0n) is 18.6. The average Bonchev–Trinajstić information content (AvgIpc) is 2.85. The molecule has 4 aromatic carbocycles. The summed E-state index contributed by atoms with van der Waals surface area (Å²) in [7, 11) is -3.95. The van der Waals surface area contributed by atoms with Crippen molar-refractivity contribution in [1.82, 2.24) is 0 Å². The second kappa shape index (κ2) is 10.2. The average molecular weight is 473 g/mol. The molecule has 0 radical (unpaired) electrons. The topological polar surface area (TPSA) is 75.7 Å². The quantitative estimate of drug-likeness (QED) is 0.361. The highest BCUT2D eigenvalue weighted by Crippen LogP contribution is 2.25. The highest BCUT2D eigenvalue weighted by atomic mass is 32.2. The van der Waals surface area contributed by atoms with Gasteiger partial charge in [-0.2, -0.15) is 0 Å². The molecule has 172 valence electrons. The van der Waals surface area contributed by atoms with E-state index in [4.69, 9.17) is 4.74 Å². The zero-order valence-corrected chi connectivity index (χ0v) is 19.4. The molecule has 4 aromatic rings. The number of sulfonamides is 1. The SMILES string of the molecule is Cc1ccc(S(=O)(=O)N(CC(=O)Nc2ccc(Oc3ccccc3)cc2)c2ccccc2)cc1. The van der Waals surface area contributed by atoms with E-state index in [-0.39, 0.29) is 11.4 Å². The number of carbonyl (C=O) groups is 1. The maximum absolute atomic E-state index is 13.4. The summed E-state index contributed by atoms with van der Waals surface area (Å²) in [6, 6.07) is 31.4. The van der Waals surface area contributed by atoms with Crippen LogP contribution in [0.3, 0.4) is 0 Å². The van der Waals surface area contributed by atoms with Crippen molar-refractivity contribution in [2.45, 2.75) is 11.8 Å². The molecule has 0 spiro atoms.